The summed E-state index contributed by atoms with van der Waals surface area (Å²) in [4.78, 5) is 50.6. The van der Waals surface area contributed by atoms with E-state index in [1.54, 1.807) is 86.6 Å². The van der Waals surface area contributed by atoms with E-state index in [2.05, 4.69) is 5.43 Å². The fourth-order valence-corrected chi connectivity index (χ4v) is 2.99. The molecule has 0 bridgehead atoms. The minimum absolute atomic E-state index is 0.00908. The number of aliphatic carboxylic acids is 1. The molecule has 0 unspecified atom stereocenters. The van der Waals surface area contributed by atoms with Gasteiger partial charge in [0.15, 0.2) is 0 Å². The van der Waals surface area contributed by atoms with Crippen molar-refractivity contribution in [1.82, 2.24) is 15.3 Å². The number of carbonyl (C=O) groups excluding carboxylic acids is 3. The van der Waals surface area contributed by atoms with Gasteiger partial charge in [-0.3, -0.25) is 4.90 Å². The molecule has 0 heterocycles. The zero-order valence-corrected chi connectivity index (χ0v) is 23.5. The van der Waals surface area contributed by atoms with Crippen molar-refractivity contribution in [3.63, 3.8) is 0 Å². The van der Waals surface area contributed by atoms with E-state index in [0.717, 1.165) is 9.91 Å². The number of carboxylic acid groups (broad SMARTS) is 1. The second-order valence-electron chi connectivity index (χ2n) is 11.6. The molecule has 1 aromatic rings. The molecule has 1 atom stereocenters. The summed E-state index contributed by atoms with van der Waals surface area (Å²) in [7, 11) is 1.37. The first-order valence-corrected chi connectivity index (χ1v) is 11.9. The van der Waals surface area contributed by atoms with Crippen LogP contribution in [-0.2, 0) is 32.0 Å². The van der Waals surface area contributed by atoms with Gasteiger partial charge in [-0.05, 0) is 73.4 Å². The van der Waals surface area contributed by atoms with E-state index in [0.29, 0.717) is 11.1 Å². The molecule has 11 nitrogen and oxygen atoms in total. The number of carbonyl (C=O) groups is 4. The van der Waals surface area contributed by atoms with Gasteiger partial charge in [0.2, 0.25) is 0 Å². The average Bonchev–Trinajstić information content (AvgIpc) is 2.67. The van der Waals surface area contributed by atoms with Crippen LogP contribution in [0.5, 0.6) is 0 Å². The van der Waals surface area contributed by atoms with Gasteiger partial charge >= 0.3 is 24.2 Å². The van der Waals surface area contributed by atoms with Crippen LogP contribution in [0.25, 0.3) is 0 Å². The minimum Gasteiger partial charge on any atom is -0.480 e. The van der Waals surface area contributed by atoms with Crippen LogP contribution >= 0.6 is 0 Å². The number of carboxylic acids is 1. The molecule has 37 heavy (non-hydrogen) atoms. The van der Waals surface area contributed by atoms with Crippen LogP contribution in [0.3, 0.4) is 0 Å². The third kappa shape index (κ3) is 12.3. The summed E-state index contributed by atoms with van der Waals surface area (Å²) >= 11 is 0. The summed E-state index contributed by atoms with van der Waals surface area (Å²) in [6.07, 6.45) is -2.39. The normalized spacial score (nSPS) is 12.7. The first-order chi connectivity index (χ1) is 16.7. The van der Waals surface area contributed by atoms with E-state index in [1.807, 2.05) is 0 Å². The molecule has 2 N–H and O–H groups in total. The van der Waals surface area contributed by atoms with Gasteiger partial charge in [0.05, 0.1) is 6.54 Å². The van der Waals surface area contributed by atoms with E-state index in [9.17, 15) is 24.3 Å². The Morgan fingerprint density at radius 3 is 1.81 bits per heavy atom. The molecule has 11 heteroatoms. The quantitative estimate of drug-likeness (QED) is 0.404. The van der Waals surface area contributed by atoms with Gasteiger partial charge in [0, 0.05) is 13.5 Å². The first kappa shape index (κ1) is 31.5. The second kappa shape index (κ2) is 12.2. The number of hydrogen-bond donors (Lipinski definition) is 2. The number of nitrogens with zero attached hydrogens (tertiary/aromatic N) is 2. The highest BCUT2D eigenvalue weighted by molar-refractivity contribution is 5.80. The van der Waals surface area contributed by atoms with Crippen molar-refractivity contribution < 1.29 is 38.5 Å². The zero-order valence-electron chi connectivity index (χ0n) is 23.5. The largest absolute Gasteiger partial charge is 0.480 e. The van der Waals surface area contributed by atoms with Crippen LogP contribution in [0.4, 0.5) is 14.4 Å². The Morgan fingerprint density at radius 2 is 1.32 bits per heavy atom. The molecule has 0 saturated carbocycles. The Bertz CT molecular complexity index is 973. The Kier molecular flexibility index (Phi) is 10.4. The number of amides is 3. The van der Waals surface area contributed by atoms with Gasteiger partial charge in [0.1, 0.15) is 22.8 Å². The molecule has 0 fully saturated rings. The van der Waals surface area contributed by atoms with Gasteiger partial charge < -0.3 is 19.3 Å². The van der Waals surface area contributed by atoms with Crippen molar-refractivity contribution in [3.8, 4) is 0 Å². The maximum atomic E-state index is 12.8. The highest BCUT2D eigenvalue weighted by Crippen LogP contribution is 2.17. The third-order valence-corrected chi connectivity index (χ3v) is 4.43. The van der Waals surface area contributed by atoms with Crippen molar-refractivity contribution in [3.05, 3.63) is 35.4 Å². The molecule has 0 aliphatic carbocycles. The number of nitrogens with one attached hydrogen (secondary N) is 1. The predicted molar refractivity (Wildman–Crippen MR) is 137 cm³/mol. The summed E-state index contributed by atoms with van der Waals surface area (Å²) in [6.45, 7) is 15.2. The molecule has 0 radical (unpaired) electrons. The highest BCUT2D eigenvalue weighted by atomic mass is 16.6. The van der Waals surface area contributed by atoms with E-state index >= 15 is 0 Å². The summed E-state index contributed by atoms with van der Waals surface area (Å²) in [6, 6.07) is 5.61. The highest BCUT2D eigenvalue weighted by Gasteiger charge is 2.31. The lowest BCUT2D eigenvalue weighted by Gasteiger charge is -2.29. The number of hydrazine groups is 1. The topological polar surface area (TPSA) is 135 Å². The summed E-state index contributed by atoms with van der Waals surface area (Å²) in [5, 5.41) is 10.7. The van der Waals surface area contributed by atoms with Crippen LogP contribution < -0.4 is 5.43 Å². The van der Waals surface area contributed by atoms with Crippen LogP contribution in [0, 0.1) is 0 Å². The Balaban J connectivity index is 3.14. The van der Waals surface area contributed by atoms with E-state index in [-0.39, 0.29) is 13.0 Å². The maximum Gasteiger partial charge on any atom is 0.429 e. The molecule has 3 amide bonds. The lowest BCUT2D eigenvalue weighted by atomic mass is 10.0. The Morgan fingerprint density at radius 1 is 0.838 bits per heavy atom. The van der Waals surface area contributed by atoms with Gasteiger partial charge in [0.25, 0.3) is 0 Å². The number of rotatable bonds is 6. The second-order valence-corrected chi connectivity index (χ2v) is 11.6. The maximum absolute atomic E-state index is 12.8. The number of ether oxygens (including phenoxy) is 3. The molecule has 0 aliphatic heterocycles. The zero-order chi connectivity index (χ0) is 28.8. The molecule has 0 aliphatic rings. The Labute approximate surface area is 219 Å². The monoisotopic (exact) mass is 523 g/mol. The average molecular weight is 524 g/mol. The fourth-order valence-electron chi connectivity index (χ4n) is 2.99. The number of hydrogen-bond acceptors (Lipinski definition) is 7. The van der Waals surface area contributed by atoms with Crippen molar-refractivity contribution >= 4 is 24.2 Å². The van der Waals surface area contributed by atoms with Gasteiger partial charge in [-0.25, -0.2) is 29.6 Å². The van der Waals surface area contributed by atoms with Crippen LogP contribution in [-0.4, -0.2) is 69.2 Å². The molecule has 0 aromatic heterocycles. The Hall–Kier alpha value is -3.50. The number of benzene rings is 1. The van der Waals surface area contributed by atoms with Gasteiger partial charge in [-0.15, -0.1) is 0 Å². The van der Waals surface area contributed by atoms with Crippen LogP contribution in [0.1, 0.15) is 73.4 Å². The molecule has 1 aromatic carbocycles. The van der Waals surface area contributed by atoms with Crippen molar-refractivity contribution in [1.29, 1.82) is 0 Å². The number of likely N-dealkylation sites (N-methyl/N-ethyl adjacent to an activating group) is 1. The molecule has 0 spiro atoms. The predicted octanol–water partition coefficient (Wildman–Crippen LogP) is 4.73. The van der Waals surface area contributed by atoms with Crippen molar-refractivity contribution in [2.24, 2.45) is 0 Å². The van der Waals surface area contributed by atoms with E-state index in [1.165, 1.54) is 7.05 Å². The lowest BCUT2D eigenvalue weighted by molar-refractivity contribution is -0.142. The lowest BCUT2D eigenvalue weighted by Crippen LogP contribution is -2.49. The SMILES string of the molecule is CN(C(=O)OC(C)(C)C)[C@H](Cc1cccc(CN(NC(=O)OC(C)(C)C)C(=O)OC(C)(C)C)c1)C(=O)O. The summed E-state index contributed by atoms with van der Waals surface area (Å²) in [5.74, 6) is -1.19. The smallest absolute Gasteiger partial charge is 0.429 e. The molecular weight excluding hydrogens is 482 g/mol. The van der Waals surface area contributed by atoms with E-state index < -0.39 is 47.1 Å². The van der Waals surface area contributed by atoms with Crippen LogP contribution in [0.15, 0.2) is 24.3 Å². The van der Waals surface area contributed by atoms with Crippen molar-refractivity contribution in [2.75, 3.05) is 7.05 Å². The van der Waals surface area contributed by atoms with E-state index in [4.69, 9.17) is 14.2 Å². The summed E-state index contributed by atoms with van der Waals surface area (Å²) < 4.78 is 16.0. The third-order valence-electron chi connectivity index (χ3n) is 4.43. The van der Waals surface area contributed by atoms with Gasteiger partial charge in [-0.2, -0.15) is 0 Å². The van der Waals surface area contributed by atoms with Gasteiger partial charge in [-0.1, -0.05) is 24.3 Å². The minimum atomic E-state index is -1.19. The molecule has 0 saturated heterocycles. The molecule has 208 valence electrons. The first-order valence-electron chi connectivity index (χ1n) is 11.9. The fraction of sp³-hybridized carbons (Fsp3) is 0.615. The van der Waals surface area contributed by atoms with Crippen LogP contribution in [0.2, 0.25) is 0 Å². The van der Waals surface area contributed by atoms with Crippen molar-refractivity contribution in [2.45, 2.75) is 98.1 Å². The summed E-state index contributed by atoms with van der Waals surface area (Å²) in [5.41, 5.74) is 1.23. The molecule has 1 rings (SSSR count). The standard InChI is InChI=1S/C26H41N3O8/c1-24(2,3)35-21(32)27-29(23(34)37-26(7,8)9)16-18-13-11-12-17(14-18)15-19(20(30)31)28(10)22(33)36-25(4,5)6/h11-14,19H,15-16H2,1-10H3,(H,27,32)(H,30,31)/t19-/m1/s1. The molecular formula is C26H41N3O8.